The molecule has 0 spiro atoms. The number of Topliss-reactive ketones (excluding diaryl/α,β-unsaturated/α-hetero) is 3. The van der Waals surface area contributed by atoms with Gasteiger partial charge in [-0.05, 0) is 41.8 Å². The molecule has 0 aromatic rings. The molecular formula is C13H31N5O4. The Bertz CT molecular complexity index is 282. The normalized spacial score (nSPS) is 10.5. The van der Waals surface area contributed by atoms with E-state index in [9.17, 15) is 14.4 Å². The van der Waals surface area contributed by atoms with Gasteiger partial charge in [0, 0.05) is 7.05 Å². The fourth-order valence-electron chi connectivity index (χ4n) is 0.705. The summed E-state index contributed by atoms with van der Waals surface area (Å²) in [5.41, 5.74) is 13.1. The molecule has 9 nitrogen and oxygen atoms in total. The SMILES string of the molecule is CNNCC(C)=O.CNN[C@@H](C)C(C)=O.CNOCC(C)=O. The molecule has 0 saturated heterocycles. The minimum atomic E-state index is -0.0833. The lowest BCUT2D eigenvalue weighted by Crippen LogP contribution is -2.40. The second-order valence-corrected chi connectivity index (χ2v) is 4.23. The molecule has 0 heterocycles. The monoisotopic (exact) mass is 321 g/mol. The van der Waals surface area contributed by atoms with Crippen molar-refractivity contribution >= 4 is 17.3 Å². The summed E-state index contributed by atoms with van der Waals surface area (Å²) in [4.78, 5) is 35.1. The Morgan fingerprint density at radius 1 is 0.955 bits per heavy atom. The average Bonchev–Trinajstić information content (AvgIpc) is 2.44. The summed E-state index contributed by atoms with van der Waals surface area (Å²) in [5, 5.41) is 0. The number of nitrogens with one attached hydrogen (secondary N) is 5. The third kappa shape index (κ3) is 31.3. The molecule has 0 amide bonds. The van der Waals surface area contributed by atoms with Crippen LogP contribution >= 0.6 is 0 Å². The van der Waals surface area contributed by atoms with E-state index < -0.39 is 0 Å². The molecule has 0 aliphatic rings. The summed E-state index contributed by atoms with van der Waals surface area (Å²) in [5.74, 6) is 0.294. The van der Waals surface area contributed by atoms with Crippen molar-refractivity contribution in [3.8, 4) is 0 Å². The van der Waals surface area contributed by atoms with Crippen molar-refractivity contribution in [2.75, 3.05) is 34.3 Å². The van der Waals surface area contributed by atoms with Crippen LogP contribution in [0.1, 0.15) is 27.7 Å². The van der Waals surface area contributed by atoms with Crippen molar-refractivity contribution in [3.63, 3.8) is 0 Å². The molecule has 0 unspecified atom stereocenters. The van der Waals surface area contributed by atoms with E-state index in [1.165, 1.54) is 13.8 Å². The van der Waals surface area contributed by atoms with Crippen LogP contribution in [-0.4, -0.2) is 57.7 Å². The van der Waals surface area contributed by atoms with Crippen molar-refractivity contribution in [1.29, 1.82) is 0 Å². The maximum absolute atomic E-state index is 10.4. The van der Waals surface area contributed by atoms with Crippen molar-refractivity contribution in [2.45, 2.75) is 33.7 Å². The van der Waals surface area contributed by atoms with E-state index in [1.807, 2.05) is 0 Å². The Hall–Kier alpha value is -1.23. The van der Waals surface area contributed by atoms with Gasteiger partial charge in [-0.25, -0.2) is 10.9 Å². The lowest BCUT2D eigenvalue weighted by Gasteiger charge is -2.06. The van der Waals surface area contributed by atoms with Crippen LogP contribution in [0.15, 0.2) is 0 Å². The number of hydroxylamine groups is 1. The van der Waals surface area contributed by atoms with Crippen molar-refractivity contribution in [1.82, 2.24) is 27.2 Å². The first-order valence-corrected chi connectivity index (χ1v) is 6.82. The fraction of sp³-hybridized carbons (Fsp3) is 0.769. The quantitative estimate of drug-likeness (QED) is 0.330. The van der Waals surface area contributed by atoms with Crippen LogP contribution in [0.2, 0.25) is 0 Å². The smallest absolute Gasteiger partial charge is 0.157 e. The summed E-state index contributed by atoms with van der Waals surface area (Å²) >= 11 is 0. The van der Waals surface area contributed by atoms with Gasteiger partial charge in [0.2, 0.25) is 0 Å². The highest BCUT2D eigenvalue weighted by molar-refractivity contribution is 5.80. The van der Waals surface area contributed by atoms with E-state index in [1.54, 1.807) is 35.0 Å². The third-order valence-electron chi connectivity index (χ3n) is 1.90. The molecule has 0 aliphatic heterocycles. The molecule has 22 heavy (non-hydrogen) atoms. The van der Waals surface area contributed by atoms with Crippen LogP contribution < -0.4 is 27.2 Å². The first-order chi connectivity index (χ1) is 10.2. The van der Waals surface area contributed by atoms with E-state index in [0.717, 1.165) is 0 Å². The summed E-state index contributed by atoms with van der Waals surface area (Å²) < 4.78 is 0. The number of rotatable bonds is 9. The minimum absolute atomic E-state index is 0.0225. The highest BCUT2D eigenvalue weighted by atomic mass is 16.6. The van der Waals surface area contributed by atoms with Crippen LogP contribution in [0.3, 0.4) is 0 Å². The maximum Gasteiger partial charge on any atom is 0.157 e. The second-order valence-electron chi connectivity index (χ2n) is 4.23. The topological polar surface area (TPSA) is 121 Å². The Labute approximate surface area is 132 Å². The Kier molecular flexibility index (Phi) is 23.1. The van der Waals surface area contributed by atoms with Gasteiger partial charge >= 0.3 is 0 Å². The molecule has 0 aromatic heterocycles. The first kappa shape index (κ1) is 25.7. The number of hydrogen-bond acceptors (Lipinski definition) is 9. The van der Waals surface area contributed by atoms with Crippen molar-refractivity contribution in [3.05, 3.63) is 0 Å². The number of hydrogen-bond donors (Lipinski definition) is 5. The van der Waals surface area contributed by atoms with Gasteiger partial charge in [-0.1, -0.05) is 0 Å². The predicted molar refractivity (Wildman–Crippen MR) is 85.8 cm³/mol. The van der Waals surface area contributed by atoms with Gasteiger partial charge in [0.15, 0.2) is 5.78 Å². The zero-order valence-electron chi connectivity index (χ0n) is 14.6. The number of carbonyl (C=O) groups is 3. The van der Waals surface area contributed by atoms with Gasteiger partial charge in [-0.2, -0.15) is 0 Å². The molecule has 0 bridgehead atoms. The van der Waals surface area contributed by atoms with Crippen LogP contribution in [0.4, 0.5) is 0 Å². The zero-order valence-corrected chi connectivity index (χ0v) is 14.6. The van der Waals surface area contributed by atoms with Crippen molar-refractivity contribution < 1.29 is 19.2 Å². The molecule has 0 fully saturated rings. The summed E-state index contributed by atoms with van der Waals surface area (Å²) in [7, 11) is 5.07. The van der Waals surface area contributed by atoms with Crippen LogP contribution in [0, 0.1) is 0 Å². The number of carbonyl (C=O) groups excluding carboxylic acids is 3. The van der Waals surface area contributed by atoms with Gasteiger partial charge in [-0.15, -0.1) is 0 Å². The minimum Gasteiger partial charge on any atom is -0.299 e. The molecular weight excluding hydrogens is 290 g/mol. The van der Waals surface area contributed by atoms with Gasteiger partial charge in [0.05, 0.1) is 12.6 Å². The Morgan fingerprint density at radius 2 is 1.50 bits per heavy atom. The molecule has 9 heteroatoms. The Morgan fingerprint density at radius 3 is 1.64 bits per heavy atom. The Balaban J connectivity index is -0.000000247. The third-order valence-corrected chi connectivity index (χ3v) is 1.90. The lowest BCUT2D eigenvalue weighted by molar-refractivity contribution is -0.123. The fourth-order valence-corrected chi connectivity index (χ4v) is 0.705. The van der Waals surface area contributed by atoms with Crippen LogP contribution in [0.5, 0.6) is 0 Å². The largest absolute Gasteiger partial charge is 0.299 e. The number of hydrazine groups is 2. The molecule has 1 atom stereocenters. The predicted octanol–water partition coefficient (Wildman–Crippen LogP) is -1.29. The van der Waals surface area contributed by atoms with Gasteiger partial charge in [0.25, 0.3) is 0 Å². The lowest BCUT2D eigenvalue weighted by atomic mass is 10.3. The van der Waals surface area contributed by atoms with Gasteiger partial charge in [-0.3, -0.25) is 35.5 Å². The molecule has 5 N–H and O–H groups in total. The highest BCUT2D eigenvalue weighted by Crippen LogP contribution is 1.77. The standard InChI is InChI=1S/C5H12N2O.C4H10N2O.C4H9NO2/c1-4(5(2)8)7-6-3;1-4(7)3-6-5-2;1-4(6)3-7-5-2/h4,6-7H,1-3H3;5-6H,3H2,1-2H3;5H,3H2,1-2H3/t4-;;/m0../s1. The second kappa shape index (κ2) is 19.8. The van der Waals surface area contributed by atoms with E-state index >= 15 is 0 Å². The van der Waals surface area contributed by atoms with Crippen molar-refractivity contribution in [2.24, 2.45) is 0 Å². The molecule has 0 aromatic carbocycles. The van der Waals surface area contributed by atoms with E-state index in [-0.39, 0.29) is 30.0 Å². The number of ketones is 3. The van der Waals surface area contributed by atoms with Crippen LogP contribution in [-0.2, 0) is 19.2 Å². The molecule has 0 saturated carbocycles. The molecule has 132 valence electrons. The van der Waals surface area contributed by atoms with Gasteiger partial charge in [0.1, 0.15) is 18.2 Å². The summed E-state index contributed by atoms with van der Waals surface area (Å²) in [6, 6.07) is -0.0833. The first-order valence-electron chi connectivity index (χ1n) is 6.82. The average molecular weight is 321 g/mol. The molecule has 0 aliphatic carbocycles. The van der Waals surface area contributed by atoms with E-state index in [2.05, 4.69) is 32.0 Å². The van der Waals surface area contributed by atoms with E-state index in [0.29, 0.717) is 6.54 Å². The summed E-state index contributed by atoms with van der Waals surface area (Å²) in [6.45, 7) is 6.91. The highest BCUT2D eigenvalue weighted by Gasteiger charge is 2.02. The zero-order chi connectivity index (χ0) is 18.0. The van der Waals surface area contributed by atoms with E-state index in [4.69, 9.17) is 0 Å². The maximum atomic E-state index is 10.4. The van der Waals surface area contributed by atoms with Gasteiger partial charge < -0.3 is 0 Å². The molecule has 0 rings (SSSR count). The molecule has 0 radical (unpaired) electrons. The van der Waals surface area contributed by atoms with Crippen LogP contribution in [0.25, 0.3) is 0 Å². The summed E-state index contributed by atoms with van der Waals surface area (Å²) in [6.07, 6.45) is 0.